The van der Waals surface area contributed by atoms with Gasteiger partial charge in [-0.2, -0.15) is 0 Å². The molecule has 3 aromatic rings. The zero-order valence-electron chi connectivity index (χ0n) is 17.8. The number of benzene rings is 3. The van der Waals surface area contributed by atoms with Crippen LogP contribution in [0.15, 0.2) is 84.9 Å². The highest BCUT2D eigenvalue weighted by Gasteiger charge is 2.20. The number of para-hydroxylation sites is 1. The molecule has 1 N–H and O–H groups in total. The molecule has 0 saturated carbocycles. The summed E-state index contributed by atoms with van der Waals surface area (Å²) in [7, 11) is 0. The van der Waals surface area contributed by atoms with Crippen LogP contribution in [0.25, 0.3) is 0 Å². The Labute approximate surface area is 183 Å². The third-order valence-corrected chi connectivity index (χ3v) is 4.82. The molecule has 3 rings (SSSR count). The second-order valence-corrected chi connectivity index (χ2v) is 7.42. The van der Waals surface area contributed by atoms with Crippen molar-refractivity contribution in [2.24, 2.45) is 0 Å². The van der Waals surface area contributed by atoms with Crippen LogP contribution in [0.4, 0.5) is 0 Å². The maximum absolute atomic E-state index is 12.4. The molecular formula is C26H27NO4. The monoisotopic (exact) mass is 417 g/mol. The van der Waals surface area contributed by atoms with Gasteiger partial charge in [0, 0.05) is 6.04 Å². The lowest BCUT2D eigenvalue weighted by Gasteiger charge is -2.18. The van der Waals surface area contributed by atoms with Gasteiger partial charge in [0.1, 0.15) is 11.5 Å². The number of esters is 1. The summed E-state index contributed by atoms with van der Waals surface area (Å²) < 4.78 is 11.0. The fourth-order valence-corrected chi connectivity index (χ4v) is 3.03. The van der Waals surface area contributed by atoms with Gasteiger partial charge in [-0.05, 0) is 68.7 Å². The summed E-state index contributed by atoms with van der Waals surface area (Å²) in [4.78, 5) is 24.8. The molecule has 0 aliphatic heterocycles. The second kappa shape index (κ2) is 11.0. The minimum absolute atomic E-state index is 0.0247. The number of hydrogen-bond acceptors (Lipinski definition) is 4. The van der Waals surface area contributed by atoms with Crippen molar-refractivity contribution in [1.29, 1.82) is 0 Å². The lowest BCUT2D eigenvalue weighted by atomic mass is 10.1. The maximum Gasteiger partial charge on any atom is 0.338 e. The third-order valence-electron chi connectivity index (χ3n) is 4.82. The van der Waals surface area contributed by atoms with Crippen molar-refractivity contribution < 1.29 is 19.1 Å². The number of carbonyl (C=O) groups is 2. The van der Waals surface area contributed by atoms with E-state index in [0.29, 0.717) is 17.1 Å². The van der Waals surface area contributed by atoms with E-state index in [2.05, 4.69) is 17.4 Å². The van der Waals surface area contributed by atoms with Crippen LogP contribution in [0.1, 0.15) is 36.2 Å². The van der Waals surface area contributed by atoms with Gasteiger partial charge in [0.15, 0.2) is 6.10 Å². The van der Waals surface area contributed by atoms with Crippen LogP contribution in [-0.2, 0) is 16.0 Å². The Kier molecular flexibility index (Phi) is 7.82. The Balaban J connectivity index is 1.46. The van der Waals surface area contributed by atoms with Gasteiger partial charge in [0.25, 0.3) is 5.91 Å². The molecule has 0 bridgehead atoms. The molecule has 2 atom stereocenters. The van der Waals surface area contributed by atoms with Crippen LogP contribution >= 0.6 is 0 Å². The van der Waals surface area contributed by atoms with E-state index in [1.807, 2.05) is 55.5 Å². The van der Waals surface area contributed by atoms with E-state index in [-0.39, 0.29) is 11.9 Å². The zero-order chi connectivity index (χ0) is 22.1. The summed E-state index contributed by atoms with van der Waals surface area (Å²) in [5, 5.41) is 2.91. The first-order valence-corrected chi connectivity index (χ1v) is 10.4. The Bertz CT molecular complexity index is 971. The van der Waals surface area contributed by atoms with Crippen LogP contribution in [0.2, 0.25) is 0 Å². The molecule has 0 unspecified atom stereocenters. The molecule has 0 spiro atoms. The summed E-state index contributed by atoms with van der Waals surface area (Å²) in [6.07, 6.45) is 0.791. The average molecular weight is 418 g/mol. The Morgan fingerprint density at radius 1 is 0.806 bits per heavy atom. The van der Waals surface area contributed by atoms with Crippen LogP contribution in [0.3, 0.4) is 0 Å². The van der Waals surface area contributed by atoms with E-state index in [1.165, 1.54) is 5.56 Å². The molecule has 3 aromatic carbocycles. The maximum atomic E-state index is 12.4. The minimum Gasteiger partial charge on any atom is -0.457 e. The van der Waals surface area contributed by atoms with Crippen molar-refractivity contribution in [1.82, 2.24) is 5.32 Å². The molecule has 0 heterocycles. The number of amides is 1. The van der Waals surface area contributed by atoms with E-state index in [4.69, 9.17) is 9.47 Å². The first kappa shape index (κ1) is 22.1. The highest BCUT2D eigenvalue weighted by Crippen LogP contribution is 2.21. The molecule has 0 radical (unpaired) electrons. The number of carbonyl (C=O) groups excluding carboxylic acids is 2. The van der Waals surface area contributed by atoms with E-state index >= 15 is 0 Å². The van der Waals surface area contributed by atoms with Crippen molar-refractivity contribution in [2.45, 2.75) is 38.8 Å². The number of rotatable bonds is 9. The molecule has 160 valence electrons. The summed E-state index contributed by atoms with van der Waals surface area (Å²) in [6.45, 7) is 3.52. The van der Waals surface area contributed by atoms with Crippen LogP contribution in [-0.4, -0.2) is 24.0 Å². The molecule has 0 fully saturated rings. The van der Waals surface area contributed by atoms with Crippen LogP contribution < -0.4 is 10.1 Å². The molecule has 31 heavy (non-hydrogen) atoms. The van der Waals surface area contributed by atoms with Crippen LogP contribution in [0, 0.1) is 0 Å². The molecule has 0 aromatic heterocycles. The third kappa shape index (κ3) is 7.00. The minimum atomic E-state index is -0.882. The fourth-order valence-electron chi connectivity index (χ4n) is 3.03. The zero-order valence-corrected chi connectivity index (χ0v) is 17.8. The Morgan fingerprint density at radius 3 is 2.03 bits per heavy atom. The number of nitrogens with one attached hydrogen (secondary N) is 1. The largest absolute Gasteiger partial charge is 0.457 e. The van der Waals surface area contributed by atoms with Gasteiger partial charge in [-0.1, -0.05) is 48.5 Å². The van der Waals surface area contributed by atoms with Gasteiger partial charge in [-0.15, -0.1) is 0 Å². The molecular weight excluding hydrogens is 390 g/mol. The molecule has 0 aliphatic carbocycles. The van der Waals surface area contributed by atoms with Gasteiger partial charge in [-0.25, -0.2) is 4.79 Å². The first-order chi connectivity index (χ1) is 15.0. The summed E-state index contributed by atoms with van der Waals surface area (Å²) in [5.41, 5.74) is 1.58. The Hall–Kier alpha value is -3.60. The normalized spacial score (nSPS) is 12.5. The topological polar surface area (TPSA) is 64.6 Å². The summed E-state index contributed by atoms with van der Waals surface area (Å²) >= 11 is 0. The highest BCUT2D eigenvalue weighted by molar-refractivity contribution is 5.92. The molecule has 0 saturated heterocycles. The number of ether oxygens (including phenoxy) is 2. The first-order valence-electron chi connectivity index (χ1n) is 10.4. The fraction of sp³-hybridized carbons (Fsp3) is 0.231. The van der Waals surface area contributed by atoms with Gasteiger partial charge >= 0.3 is 5.97 Å². The van der Waals surface area contributed by atoms with Crippen molar-refractivity contribution in [3.63, 3.8) is 0 Å². The molecule has 0 aliphatic rings. The predicted molar refractivity (Wildman–Crippen MR) is 120 cm³/mol. The number of hydrogen-bond donors (Lipinski definition) is 1. The van der Waals surface area contributed by atoms with Crippen molar-refractivity contribution in [3.8, 4) is 11.5 Å². The van der Waals surface area contributed by atoms with Crippen molar-refractivity contribution in [2.75, 3.05) is 0 Å². The van der Waals surface area contributed by atoms with E-state index in [9.17, 15) is 9.59 Å². The Morgan fingerprint density at radius 2 is 1.39 bits per heavy atom. The quantitative estimate of drug-likeness (QED) is 0.488. The van der Waals surface area contributed by atoms with Crippen molar-refractivity contribution >= 4 is 11.9 Å². The van der Waals surface area contributed by atoms with Gasteiger partial charge in [0.2, 0.25) is 0 Å². The lowest BCUT2D eigenvalue weighted by Crippen LogP contribution is -2.41. The van der Waals surface area contributed by atoms with E-state index in [1.54, 1.807) is 31.2 Å². The lowest BCUT2D eigenvalue weighted by molar-refractivity contribution is -0.129. The summed E-state index contributed by atoms with van der Waals surface area (Å²) in [5.74, 6) is 0.467. The van der Waals surface area contributed by atoms with Gasteiger partial charge < -0.3 is 14.8 Å². The molecule has 5 nitrogen and oxygen atoms in total. The molecule has 5 heteroatoms. The van der Waals surface area contributed by atoms with E-state index < -0.39 is 12.1 Å². The summed E-state index contributed by atoms with van der Waals surface area (Å²) in [6, 6.07) is 26.1. The van der Waals surface area contributed by atoms with Crippen LogP contribution in [0.5, 0.6) is 11.5 Å². The highest BCUT2D eigenvalue weighted by atomic mass is 16.5. The molecule has 1 amide bonds. The van der Waals surface area contributed by atoms with Crippen molar-refractivity contribution in [3.05, 3.63) is 96.1 Å². The second-order valence-electron chi connectivity index (χ2n) is 7.42. The predicted octanol–water partition coefficient (Wildman–Crippen LogP) is 5.16. The van der Waals surface area contributed by atoms with Gasteiger partial charge in [-0.3, -0.25) is 4.79 Å². The van der Waals surface area contributed by atoms with Gasteiger partial charge in [0.05, 0.1) is 5.56 Å². The smallest absolute Gasteiger partial charge is 0.338 e. The standard InChI is InChI=1S/C26H27NO4/c1-19(13-14-21-9-5-3-6-10-21)27-25(28)20(2)30-26(29)22-15-17-24(18-16-22)31-23-11-7-4-8-12-23/h3-12,15-20H,13-14H2,1-2H3,(H,27,28)/t19-,20-/m1/s1. The SMILES string of the molecule is C[C@H](CCc1ccccc1)NC(=O)[C@@H](C)OC(=O)c1ccc(Oc2ccccc2)cc1. The average Bonchev–Trinajstić information content (AvgIpc) is 2.79. The van der Waals surface area contributed by atoms with E-state index in [0.717, 1.165) is 12.8 Å². The number of aryl methyl sites for hydroxylation is 1.